The van der Waals surface area contributed by atoms with Crippen molar-refractivity contribution in [2.75, 3.05) is 0 Å². The van der Waals surface area contributed by atoms with Gasteiger partial charge in [0.2, 0.25) is 11.7 Å². The molecular formula is C4F8Pd. The van der Waals surface area contributed by atoms with Gasteiger partial charge < -0.3 is 0 Å². The smallest absolute Gasteiger partial charge is 0.198 e. The van der Waals surface area contributed by atoms with Crippen LogP contribution < -0.4 is 0 Å². The van der Waals surface area contributed by atoms with Crippen LogP contribution in [0.4, 0.5) is 35.1 Å². The van der Waals surface area contributed by atoms with Crippen molar-refractivity contribution < 1.29 is 55.5 Å². The third-order valence-electron chi connectivity index (χ3n) is 0.690. The van der Waals surface area contributed by atoms with Gasteiger partial charge in [-0.1, -0.05) is 0 Å². The van der Waals surface area contributed by atoms with E-state index in [-0.39, 0.29) is 20.4 Å². The Balaban J connectivity index is 0. The molecule has 0 amide bonds. The van der Waals surface area contributed by atoms with E-state index in [1.807, 2.05) is 0 Å². The van der Waals surface area contributed by atoms with E-state index in [0.717, 1.165) is 0 Å². The van der Waals surface area contributed by atoms with E-state index in [1.54, 1.807) is 0 Å². The van der Waals surface area contributed by atoms with Crippen LogP contribution >= 0.6 is 0 Å². The minimum absolute atomic E-state index is 0. The van der Waals surface area contributed by atoms with E-state index < -0.39 is 24.0 Å². The van der Waals surface area contributed by atoms with Crippen LogP contribution in [0.2, 0.25) is 0 Å². The van der Waals surface area contributed by atoms with Gasteiger partial charge in [0.25, 0.3) is 0 Å². The summed E-state index contributed by atoms with van der Waals surface area (Å²) in [4.78, 5) is 0. The first-order valence-corrected chi connectivity index (χ1v) is 2.26. The maximum absolute atomic E-state index is 11.5. The fourth-order valence-corrected chi connectivity index (χ4v) is 0.249. The predicted octanol–water partition coefficient (Wildman–Crippen LogP) is 3.26. The number of alkyl halides is 6. The molecule has 0 spiro atoms. The summed E-state index contributed by atoms with van der Waals surface area (Å²) in [7, 11) is 0. The van der Waals surface area contributed by atoms with Gasteiger partial charge in [0.1, 0.15) is 0 Å². The maximum atomic E-state index is 11.5. The Morgan fingerprint density at radius 2 is 0.769 bits per heavy atom. The third kappa shape index (κ3) is 4.57. The summed E-state index contributed by atoms with van der Waals surface area (Å²) in [6.45, 7) is 0. The topological polar surface area (TPSA) is 0 Å². The quantitative estimate of drug-likeness (QED) is 0.476. The van der Waals surface area contributed by atoms with E-state index in [4.69, 9.17) is 0 Å². The Kier molecular flexibility index (Phi) is 5.15. The van der Waals surface area contributed by atoms with Crippen molar-refractivity contribution >= 4 is 0 Å². The average molecular weight is 306 g/mol. The molecule has 0 rings (SSSR count). The minimum atomic E-state index is -5.94. The number of halogens is 8. The molecule has 0 nitrogen and oxygen atoms in total. The van der Waals surface area contributed by atoms with Crippen LogP contribution in [0, 0.1) is 0 Å². The van der Waals surface area contributed by atoms with Gasteiger partial charge in [-0.3, -0.25) is 0 Å². The van der Waals surface area contributed by atoms with Crippen molar-refractivity contribution in [2.45, 2.75) is 12.4 Å². The first-order chi connectivity index (χ1) is 5.07. The third-order valence-corrected chi connectivity index (χ3v) is 0.690. The van der Waals surface area contributed by atoms with Gasteiger partial charge in [-0.05, 0) is 0 Å². The molecule has 0 heterocycles. The van der Waals surface area contributed by atoms with Gasteiger partial charge in [-0.2, -0.15) is 35.1 Å². The number of rotatable bonds is 0. The summed E-state index contributed by atoms with van der Waals surface area (Å²) in [6, 6.07) is 0. The van der Waals surface area contributed by atoms with Crippen molar-refractivity contribution in [2.24, 2.45) is 0 Å². The molecule has 13 heavy (non-hydrogen) atoms. The fourth-order valence-electron chi connectivity index (χ4n) is 0.249. The predicted molar refractivity (Wildman–Crippen MR) is 21.4 cm³/mol. The molecule has 0 saturated carbocycles. The van der Waals surface area contributed by atoms with Crippen molar-refractivity contribution in [3.05, 3.63) is 11.7 Å². The van der Waals surface area contributed by atoms with E-state index in [2.05, 4.69) is 0 Å². The number of allylic oxidation sites excluding steroid dienone is 2. The Labute approximate surface area is 80.2 Å². The molecule has 0 saturated heterocycles. The molecule has 0 fully saturated rings. The van der Waals surface area contributed by atoms with Gasteiger partial charge in [0, 0.05) is 20.4 Å². The van der Waals surface area contributed by atoms with E-state index in [0.29, 0.717) is 0 Å². The average Bonchev–Trinajstić information content (AvgIpc) is 1.80. The van der Waals surface area contributed by atoms with Gasteiger partial charge in [0.15, 0.2) is 0 Å². The van der Waals surface area contributed by atoms with Gasteiger partial charge in [-0.15, -0.1) is 0 Å². The molecule has 9 heteroatoms. The van der Waals surface area contributed by atoms with E-state index in [1.165, 1.54) is 0 Å². The molecule has 0 radical (unpaired) electrons. The standard InChI is InChI=1S/C4F8.Pd/c5-1(3(7,8)9)2(6)4(10,11)12;. The van der Waals surface area contributed by atoms with Crippen LogP contribution in [0.3, 0.4) is 0 Å². The summed E-state index contributed by atoms with van der Waals surface area (Å²) < 4.78 is 89.3. The van der Waals surface area contributed by atoms with E-state index >= 15 is 0 Å². The largest absolute Gasteiger partial charge is 0.445 e. The second kappa shape index (κ2) is 4.37. The van der Waals surface area contributed by atoms with E-state index in [9.17, 15) is 35.1 Å². The van der Waals surface area contributed by atoms with Crippen LogP contribution in [0.15, 0.2) is 11.7 Å². The van der Waals surface area contributed by atoms with Crippen molar-refractivity contribution in [3.63, 3.8) is 0 Å². The van der Waals surface area contributed by atoms with Crippen LogP contribution in [0.5, 0.6) is 0 Å². The Bertz CT molecular complexity index is 175. The Morgan fingerprint density at radius 1 is 0.615 bits per heavy atom. The maximum Gasteiger partial charge on any atom is 0.445 e. The molecule has 0 aliphatic carbocycles. The van der Waals surface area contributed by atoms with Crippen molar-refractivity contribution in [1.82, 2.24) is 0 Å². The number of hydrogen-bond acceptors (Lipinski definition) is 0. The summed E-state index contributed by atoms with van der Waals surface area (Å²) in [5.74, 6) is -7.54. The Hall–Kier alpha value is -0.158. The van der Waals surface area contributed by atoms with Gasteiger partial charge in [-0.25, -0.2) is 0 Å². The van der Waals surface area contributed by atoms with Crippen LogP contribution in [0.1, 0.15) is 0 Å². The number of hydrogen-bond donors (Lipinski definition) is 0. The molecule has 0 bridgehead atoms. The second-order valence-corrected chi connectivity index (χ2v) is 1.62. The first kappa shape index (κ1) is 15.3. The molecular weight excluding hydrogens is 306 g/mol. The molecule has 0 aromatic carbocycles. The van der Waals surface area contributed by atoms with Gasteiger partial charge >= 0.3 is 12.4 Å². The van der Waals surface area contributed by atoms with Crippen molar-refractivity contribution in [1.29, 1.82) is 0 Å². The zero-order chi connectivity index (χ0) is 10.2. The van der Waals surface area contributed by atoms with Crippen LogP contribution in [0.25, 0.3) is 0 Å². The molecule has 82 valence electrons. The molecule has 0 aliphatic heterocycles. The Morgan fingerprint density at radius 3 is 0.846 bits per heavy atom. The fraction of sp³-hybridized carbons (Fsp3) is 0.500. The van der Waals surface area contributed by atoms with Gasteiger partial charge in [0.05, 0.1) is 0 Å². The van der Waals surface area contributed by atoms with Crippen LogP contribution in [-0.2, 0) is 20.4 Å². The molecule has 0 atom stereocenters. The second-order valence-electron chi connectivity index (χ2n) is 1.62. The minimum Gasteiger partial charge on any atom is -0.198 e. The normalized spacial score (nSPS) is 14.8. The monoisotopic (exact) mass is 306 g/mol. The summed E-state index contributed by atoms with van der Waals surface area (Å²) in [6.07, 6.45) is -11.9. The summed E-state index contributed by atoms with van der Waals surface area (Å²) in [5.41, 5.74) is 0. The zero-order valence-corrected chi connectivity index (χ0v) is 6.89. The molecule has 0 aromatic heterocycles. The summed E-state index contributed by atoms with van der Waals surface area (Å²) in [5, 5.41) is 0. The first-order valence-electron chi connectivity index (χ1n) is 2.26. The zero-order valence-electron chi connectivity index (χ0n) is 5.34. The molecule has 0 aromatic rings. The molecule has 0 aliphatic rings. The SMILES string of the molecule is FC(=C(F)C(F)(F)F)C(F)(F)F.[Pd]. The summed E-state index contributed by atoms with van der Waals surface area (Å²) >= 11 is 0. The molecule has 0 unspecified atom stereocenters. The van der Waals surface area contributed by atoms with Crippen LogP contribution in [-0.4, -0.2) is 12.4 Å². The molecule has 0 N–H and O–H groups in total. The van der Waals surface area contributed by atoms with Crippen molar-refractivity contribution in [3.8, 4) is 0 Å².